The summed E-state index contributed by atoms with van der Waals surface area (Å²) in [4.78, 5) is 6.93. The van der Waals surface area contributed by atoms with Gasteiger partial charge in [-0.05, 0) is 51.3 Å². The van der Waals surface area contributed by atoms with Crippen LogP contribution in [-0.4, -0.2) is 62.4 Å². The number of aryl methyl sites for hydroxylation is 1. The second-order valence-electron chi connectivity index (χ2n) is 8.00. The number of hydrogen-bond donors (Lipinski definition) is 2. The van der Waals surface area contributed by atoms with Gasteiger partial charge in [0.15, 0.2) is 5.96 Å². The average Bonchev–Trinajstić information content (AvgIpc) is 3.17. The van der Waals surface area contributed by atoms with Crippen molar-refractivity contribution < 1.29 is 9.47 Å². The van der Waals surface area contributed by atoms with Crippen LogP contribution in [0.2, 0.25) is 0 Å². The van der Waals surface area contributed by atoms with Crippen LogP contribution in [-0.2, 0) is 11.3 Å². The van der Waals surface area contributed by atoms with Crippen LogP contribution >= 0.6 is 24.0 Å². The zero-order valence-corrected chi connectivity index (χ0v) is 20.6. The van der Waals surface area contributed by atoms with E-state index in [9.17, 15) is 0 Å². The number of nitrogens with zero attached hydrogens (tertiary/aromatic N) is 2. The number of nitrogens with one attached hydrogen (secondary N) is 2. The molecule has 2 fully saturated rings. The van der Waals surface area contributed by atoms with Crippen molar-refractivity contribution in [1.29, 1.82) is 0 Å². The van der Waals surface area contributed by atoms with Crippen molar-refractivity contribution in [1.82, 2.24) is 15.5 Å². The van der Waals surface area contributed by atoms with Crippen LogP contribution < -0.4 is 15.4 Å². The van der Waals surface area contributed by atoms with Crippen molar-refractivity contribution in [3.05, 3.63) is 29.3 Å². The SMILES string of the molecule is CCC(C)Oc1cc(C)ccc1CNC(=NC)NCC1CN2CCCC2CO1.I. The molecule has 0 aromatic heterocycles. The zero-order chi connectivity index (χ0) is 19.9. The van der Waals surface area contributed by atoms with Crippen LogP contribution in [0, 0.1) is 6.92 Å². The van der Waals surface area contributed by atoms with E-state index in [0.717, 1.165) is 43.4 Å². The first-order chi connectivity index (χ1) is 13.6. The summed E-state index contributed by atoms with van der Waals surface area (Å²) >= 11 is 0. The molecule has 7 heteroatoms. The summed E-state index contributed by atoms with van der Waals surface area (Å²) in [6.07, 6.45) is 3.99. The van der Waals surface area contributed by atoms with E-state index in [2.05, 4.69) is 59.5 Å². The lowest BCUT2D eigenvalue weighted by molar-refractivity contribution is -0.0453. The van der Waals surface area contributed by atoms with Gasteiger partial charge in [0.25, 0.3) is 0 Å². The lowest BCUT2D eigenvalue weighted by Crippen LogP contribution is -2.51. The van der Waals surface area contributed by atoms with Gasteiger partial charge in [0, 0.05) is 38.3 Å². The van der Waals surface area contributed by atoms with Crippen LogP contribution in [0.1, 0.15) is 44.2 Å². The Morgan fingerprint density at radius 1 is 1.38 bits per heavy atom. The molecule has 2 N–H and O–H groups in total. The Balaban J connectivity index is 0.00000300. The maximum absolute atomic E-state index is 6.11. The number of guanidine groups is 1. The first-order valence-corrected chi connectivity index (χ1v) is 10.7. The highest BCUT2D eigenvalue weighted by atomic mass is 127. The third-order valence-electron chi connectivity index (χ3n) is 5.75. The number of morpholine rings is 1. The highest BCUT2D eigenvalue weighted by molar-refractivity contribution is 14.0. The number of aliphatic imine (C=N–C) groups is 1. The van der Waals surface area contributed by atoms with Gasteiger partial charge in [-0.15, -0.1) is 24.0 Å². The molecule has 2 aliphatic rings. The highest BCUT2D eigenvalue weighted by Crippen LogP contribution is 2.23. The fourth-order valence-corrected chi connectivity index (χ4v) is 3.84. The first kappa shape index (κ1) is 24.2. The smallest absolute Gasteiger partial charge is 0.191 e. The normalized spacial score (nSPS) is 23.1. The van der Waals surface area contributed by atoms with Gasteiger partial charge in [-0.25, -0.2) is 0 Å². The molecule has 3 rings (SSSR count). The van der Waals surface area contributed by atoms with E-state index < -0.39 is 0 Å². The van der Waals surface area contributed by atoms with Crippen LogP contribution in [0.5, 0.6) is 5.75 Å². The summed E-state index contributed by atoms with van der Waals surface area (Å²) in [6.45, 7) is 10.9. The maximum atomic E-state index is 6.11. The molecule has 0 amide bonds. The largest absolute Gasteiger partial charge is 0.490 e. The zero-order valence-electron chi connectivity index (χ0n) is 18.2. The summed E-state index contributed by atoms with van der Waals surface area (Å²) in [5, 5.41) is 6.83. The van der Waals surface area contributed by atoms with E-state index >= 15 is 0 Å². The van der Waals surface area contributed by atoms with E-state index in [1.807, 2.05) is 0 Å². The van der Waals surface area contributed by atoms with E-state index in [1.54, 1.807) is 7.05 Å². The third-order valence-corrected chi connectivity index (χ3v) is 5.75. The molecular formula is C22H37IN4O2. The molecular weight excluding hydrogens is 479 g/mol. The van der Waals surface area contributed by atoms with Crippen LogP contribution in [0.25, 0.3) is 0 Å². The fourth-order valence-electron chi connectivity index (χ4n) is 3.84. The van der Waals surface area contributed by atoms with E-state index in [0.29, 0.717) is 12.6 Å². The highest BCUT2D eigenvalue weighted by Gasteiger charge is 2.32. The number of ether oxygens (including phenoxy) is 2. The first-order valence-electron chi connectivity index (χ1n) is 10.7. The van der Waals surface area contributed by atoms with Gasteiger partial charge in [-0.3, -0.25) is 9.89 Å². The molecule has 6 nitrogen and oxygen atoms in total. The Kier molecular flexibility index (Phi) is 9.98. The van der Waals surface area contributed by atoms with Crippen LogP contribution in [0.15, 0.2) is 23.2 Å². The topological polar surface area (TPSA) is 58.1 Å². The van der Waals surface area contributed by atoms with Crippen LogP contribution in [0.4, 0.5) is 0 Å². The standard InChI is InChI=1S/C22H36N4O2.HI/c1-5-17(3)28-21-11-16(2)8-9-18(21)12-24-22(23-4)25-13-20-14-26-10-6-7-19(26)15-27-20;/h8-9,11,17,19-20H,5-7,10,12-15H2,1-4H3,(H2,23,24,25);1H. The number of hydrogen-bond acceptors (Lipinski definition) is 4. The minimum atomic E-state index is 0. The van der Waals surface area contributed by atoms with Gasteiger partial charge < -0.3 is 20.1 Å². The molecule has 3 atom stereocenters. The number of fused-ring (bicyclic) bond motifs is 1. The van der Waals surface area contributed by atoms with Gasteiger partial charge in [0.2, 0.25) is 0 Å². The molecule has 0 aliphatic carbocycles. The predicted octanol–water partition coefficient (Wildman–Crippen LogP) is 3.32. The molecule has 0 spiro atoms. The quantitative estimate of drug-likeness (QED) is 0.331. The lowest BCUT2D eigenvalue weighted by atomic mass is 10.1. The summed E-state index contributed by atoms with van der Waals surface area (Å²) in [5.41, 5.74) is 2.35. The molecule has 164 valence electrons. The van der Waals surface area contributed by atoms with Crippen molar-refractivity contribution in [2.24, 2.45) is 4.99 Å². The van der Waals surface area contributed by atoms with E-state index in [-0.39, 0.29) is 36.2 Å². The van der Waals surface area contributed by atoms with Gasteiger partial charge in [0.1, 0.15) is 5.75 Å². The minimum Gasteiger partial charge on any atom is -0.490 e. The Morgan fingerprint density at radius 2 is 2.21 bits per heavy atom. The number of benzene rings is 1. The van der Waals surface area contributed by atoms with Crippen molar-refractivity contribution >= 4 is 29.9 Å². The molecule has 2 saturated heterocycles. The minimum absolute atomic E-state index is 0. The molecule has 0 saturated carbocycles. The summed E-state index contributed by atoms with van der Waals surface area (Å²) in [5.74, 6) is 1.75. The maximum Gasteiger partial charge on any atom is 0.191 e. The Morgan fingerprint density at radius 3 is 2.97 bits per heavy atom. The molecule has 29 heavy (non-hydrogen) atoms. The summed E-state index contributed by atoms with van der Waals surface area (Å²) in [6, 6.07) is 7.00. The molecule has 0 radical (unpaired) electrons. The molecule has 2 heterocycles. The second kappa shape index (κ2) is 12.0. The second-order valence-corrected chi connectivity index (χ2v) is 8.00. The van der Waals surface area contributed by atoms with Crippen molar-refractivity contribution in [2.45, 2.75) is 64.8 Å². The van der Waals surface area contributed by atoms with Crippen molar-refractivity contribution in [3.63, 3.8) is 0 Å². The predicted molar refractivity (Wildman–Crippen MR) is 130 cm³/mol. The Bertz CT molecular complexity index is 670. The average molecular weight is 516 g/mol. The van der Waals surface area contributed by atoms with Gasteiger partial charge >= 0.3 is 0 Å². The fraction of sp³-hybridized carbons (Fsp3) is 0.682. The molecule has 2 aliphatic heterocycles. The van der Waals surface area contributed by atoms with Gasteiger partial charge in [-0.2, -0.15) is 0 Å². The number of rotatable bonds is 7. The molecule has 3 unspecified atom stereocenters. The van der Waals surface area contributed by atoms with Crippen LogP contribution in [0.3, 0.4) is 0 Å². The van der Waals surface area contributed by atoms with Crippen molar-refractivity contribution in [2.75, 3.05) is 33.3 Å². The Hall–Kier alpha value is -1.06. The monoisotopic (exact) mass is 516 g/mol. The third kappa shape index (κ3) is 7.00. The number of halogens is 1. The summed E-state index contributed by atoms with van der Waals surface area (Å²) < 4.78 is 12.1. The van der Waals surface area contributed by atoms with Gasteiger partial charge in [-0.1, -0.05) is 19.1 Å². The molecule has 0 bridgehead atoms. The summed E-state index contributed by atoms with van der Waals surface area (Å²) in [7, 11) is 1.80. The van der Waals surface area contributed by atoms with E-state index in [4.69, 9.17) is 9.47 Å². The van der Waals surface area contributed by atoms with Crippen molar-refractivity contribution in [3.8, 4) is 5.75 Å². The molecule has 1 aromatic rings. The lowest BCUT2D eigenvalue weighted by Gasteiger charge is -2.35. The van der Waals surface area contributed by atoms with Gasteiger partial charge in [0.05, 0.1) is 18.8 Å². The van der Waals surface area contributed by atoms with E-state index in [1.165, 1.54) is 24.9 Å². The Labute approximate surface area is 192 Å². The molecule has 1 aromatic carbocycles.